The smallest absolute Gasteiger partial charge is 0.133 e. The molecule has 0 fully saturated rings. The molecule has 2 aromatic rings. The fraction of sp³-hybridized carbons (Fsp3) is 0.200. The highest BCUT2D eigenvalue weighted by molar-refractivity contribution is 14.1. The number of methoxy groups -OCH3 is 1. The number of benzene rings is 2. The Bertz CT molecular complexity index is 637. The van der Waals surface area contributed by atoms with E-state index < -0.39 is 0 Å². The number of nitrogens with two attached hydrogens (primary N) is 1. The molecule has 0 saturated heterocycles. The Balaban J connectivity index is 2.26. The lowest BCUT2D eigenvalue weighted by Crippen LogP contribution is -2.30. The number of hydrogen-bond donors (Lipinski definition) is 2. The van der Waals surface area contributed by atoms with Gasteiger partial charge >= 0.3 is 0 Å². The van der Waals surface area contributed by atoms with Gasteiger partial charge in [0.1, 0.15) is 5.75 Å². The third-order valence-electron chi connectivity index (χ3n) is 3.19. The van der Waals surface area contributed by atoms with Gasteiger partial charge in [0.15, 0.2) is 0 Å². The molecule has 6 heteroatoms. The zero-order valence-corrected chi connectivity index (χ0v) is 16.7. The first kappa shape index (κ1) is 17.2. The number of nitrogens with one attached hydrogen (secondary N) is 1. The van der Waals surface area contributed by atoms with Crippen molar-refractivity contribution in [3.63, 3.8) is 0 Å². The lowest BCUT2D eigenvalue weighted by molar-refractivity contribution is 0.412. The van der Waals surface area contributed by atoms with Crippen molar-refractivity contribution >= 4 is 54.5 Å². The van der Waals surface area contributed by atoms with Crippen LogP contribution in [0.2, 0.25) is 0 Å². The van der Waals surface area contributed by atoms with Gasteiger partial charge in [-0.15, -0.1) is 0 Å². The van der Waals surface area contributed by atoms with E-state index in [9.17, 15) is 0 Å². The van der Waals surface area contributed by atoms with Gasteiger partial charge in [0, 0.05) is 8.04 Å². The predicted octanol–water partition coefficient (Wildman–Crippen LogP) is 4.57. The second-order valence-electron chi connectivity index (χ2n) is 4.56. The van der Waals surface area contributed by atoms with E-state index in [2.05, 4.69) is 84.1 Å². The molecule has 3 N–H and O–H groups in total. The van der Waals surface area contributed by atoms with Gasteiger partial charge in [0.2, 0.25) is 0 Å². The predicted molar refractivity (Wildman–Crippen MR) is 101 cm³/mol. The Morgan fingerprint density at radius 2 is 2.00 bits per heavy atom. The average Bonchev–Trinajstić information content (AvgIpc) is 2.47. The van der Waals surface area contributed by atoms with E-state index in [4.69, 9.17) is 10.6 Å². The van der Waals surface area contributed by atoms with Gasteiger partial charge in [0.05, 0.1) is 17.6 Å². The van der Waals surface area contributed by atoms with E-state index in [0.29, 0.717) is 0 Å². The van der Waals surface area contributed by atoms with Crippen LogP contribution in [0, 0.1) is 3.57 Å². The second-order valence-corrected chi connectivity index (χ2v) is 7.49. The van der Waals surface area contributed by atoms with Gasteiger partial charge in [-0.1, -0.05) is 22.0 Å². The molecule has 0 saturated carbocycles. The maximum atomic E-state index is 5.76. The summed E-state index contributed by atoms with van der Waals surface area (Å²) in [4.78, 5) is 0. The second kappa shape index (κ2) is 7.92. The first-order valence-electron chi connectivity index (χ1n) is 6.28. The van der Waals surface area contributed by atoms with Crippen LogP contribution in [0.5, 0.6) is 5.75 Å². The highest BCUT2D eigenvalue weighted by Gasteiger charge is 2.15. The molecule has 0 heterocycles. The van der Waals surface area contributed by atoms with Gasteiger partial charge in [-0.25, -0.2) is 0 Å². The molecule has 0 aliphatic rings. The third-order valence-corrected chi connectivity index (χ3v) is 5.29. The molecule has 112 valence electrons. The zero-order valence-electron chi connectivity index (χ0n) is 11.4. The number of rotatable bonds is 5. The molecule has 1 unspecified atom stereocenters. The first-order valence-corrected chi connectivity index (χ1v) is 8.95. The Morgan fingerprint density at radius 1 is 1.24 bits per heavy atom. The molecule has 2 aromatic carbocycles. The maximum absolute atomic E-state index is 5.76. The molecule has 0 spiro atoms. The van der Waals surface area contributed by atoms with Crippen LogP contribution in [0.3, 0.4) is 0 Å². The molecule has 0 bridgehead atoms. The van der Waals surface area contributed by atoms with E-state index in [0.717, 1.165) is 21.1 Å². The van der Waals surface area contributed by atoms with Gasteiger partial charge in [0.25, 0.3) is 0 Å². The van der Waals surface area contributed by atoms with Crippen LogP contribution >= 0.6 is 54.5 Å². The molecular weight excluding hydrogens is 511 g/mol. The van der Waals surface area contributed by atoms with Gasteiger partial charge in [-0.05, 0) is 86.4 Å². The van der Waals surface area contributed by atoms with Gasteiger partial charge in [-0.3, -0.25) is 11.3 Å². The molecule has 2 rings (SSSR count). The highest BCUT2D eigenvalue weighted by atomic mass is 127. The largest absolute Gasteiger partial charge is 0.496 e. The summed E-state index contributed by atoms with van der Waals surface area (Å²) in [5.41, 5.74) is 5.27. The topological polar surface area (TPSA) is 47.3 Å². The van der Waals surface area contributed by atoms with Crippen molar-refractivity contribution in [2.75, 3.05) is 7.11 Å². The van der Waals surface area contributed by atoms with E-state index in [-0.39, 0.29) is 6.04 Å². The summed E-state index contributed by atoms with van der Waals surface area (Å²) >= 11 is 9.36. The summed E-state index contributed by atoms with van der Waals surface area (Å²) in [5, 5.41) is 0. The summed E-state index contributed by atoms with van der Waals surface area (Å²) in [6.45, 7) is 0. The van der Waals surface area contributed by atoms with Crippen LogP contribution in [0.1, 0.15) is 17.2 Å². The lowest BCUT2D eigenvalue weighted by atomic mass is 9.99. The molecular formula is C15H15Br2IN2O. The molecule has 0 aromatic heterocycles. The van der Waals surface area contributed by atoms with E-state index in [1.54, 1.807) is 7.11 Å². The number of hydrazine groups is 1. The van der Waals surface area contributed by atoms with E-state index in [1.807, 2.05) is 12.1 Å². The SMILES string of the molecule is COc1ccc(CC(NN)c2cc(Br)ccc2I)cc1Br. The minimum atomic E-state index is 0.0506. The van der Waals surface area contributed by atoms with E-state index >= 15 is 0 Å². The van der Waals surface area contributed by atoms with Crippen LogP contribution in [0.25, 0.3) is 0 Å². The Morgan fingerprint density at radius 3 is 2.62 bits per heavy atom. The average molecular weight is 526 g/mol. The Kier molecular flexibility index (Phi) is 6.49. The van der Waals surface area contributed by atoms with Gasteiger partial charge < -0.3 is 4.74 Å². The van der Waals surface area contributed by atoms with E-state index in [1.165, 1.54) is 14.7 Å². The molecule has 1 atom stereocenters. The third kappa shape index (κ3) is 4.41. The molecule has 0 radical (unpaired) electrons. The number of hydrogen-bond acceptors (Lipinski definition) is 3. The fourth-order valence-corrected chi connectivity index (χ4v) is 3.79. The lowest BCUT2D eigenvalue weighted by Gasteiger charge is -2.19. The van der Waals surface area contributed by atoms with Crippen LogP contribution in [0.15, 0.2) is 45.3 Å². The summed E-state index contributed by atoms with van der Waals surface area (Å²) in [6.07, 6.45) is 0.797. The maximum Gasteiger partial charge on any atom is 0.133 e. The van der Waals surface area contributed by atoms with Crippen molar-refractivity contribution < 1.29 is 4.74 Å². The summed E-state index contributed by atoms with van der Waals surface area (Å²) < 4.78 is 8.44. The normalized spacial score (nSPS) is 12.2. The van der Waals surface area contributed by atoms with Crippen molar-refractivity contribution in [1.82, 2.24) is 5.43 Å². The highest BCUT2D eigenvalue weighted by Crippen LogP contribution is 2.30. The fourth-order valence-electron chi connectivity index (χ4n) is 2.11. The standard InChI is InChI=1S/C15H15Br2IN2O/c1-21-15-5-2-9(6-12(15)17)7-14(20-19)11-8-10(16)3-4-13(11)18/h2-6,8,14,20H,7,19H2,1H3. The van der Waals surface area contributed by atoms with Crippen LogP contribution in [0.4, 0.5) is 0 Å². The molecule has 0 aliphatic carbocycles. The van der Waals surface area contributed by atoms with Crippen molar-refractivity contribution in [2.45, 2.75) is 12.5 Å². The Hall–Kier alpha value is -0.150. The number of halogens is 3. The summed E-state index contributed by atoms with van der Waals surface area (Å²) in [5.74, 6) is 6.59. The number of ether oxygens (including phenoxy) is 1. The first-order chi connectivity index (χ1) is 10.0. The molecule has 21 heavy (non-hydrogen) atoms. The quantitative estimate of drug-likeness (QED) is 0.341. The zero-order chi connectivity index (χ0) is 15.4. The Labute approximate surface area is 155 Å². The van der Waals surface area contributed by atoms with Crippen molar-refractivity contribution in [3.05, 3.63) is 60.0 Å². The van der Waals surface area contributed by atoms with Crippen LogP contribution in [-0.2, 0) is 6.42 Å². The van der Waals surface area contributed by atoms with Crippen molar-refractivity contribution in [2.24, 2.45) is 5.84 Å². The van der Waals surface area contributed by atoms with Crippen molar-refractivity contribution in [1.29, 1.82) is 0 Å². The molecule has 3 nitrogen and oxygen atoms in total. The van der Waals surface area contributed by atoms with Gasteiger partial charge in [-0.2, -0.15) is 0 Å². The van der Waals surface area contributed by atoms with Crippen molar-refractivity contribution in [3.8, 4) is 5.75 Å². The summed E-state index contributed by atoms with van der Waals surface area (Å²) in [6, 6.07) is 12.3. The monoisotopic (exact) mass is 524 g/mol. The van der Waals surface area contributed by atoms with Crippen LogP contribution < -0.4 is 16.0 Å². The minimum Gasteiger partial charge on any atom is -0.496 e. The minimum absolute atomic E-state index is 0.0506. The molecule has 0 aliphatic heterocycles. The summed E-state index contributed by atoms with van der Waals surface area (Å²) in [7, 11) is 1.66. The van der Waals surface area contributed by atoms with Crippen LogP contribution in [-0.4, -0.2) is 7.11 Å². The molecule has 0 amide bonds.